The topological polar surface area (TPSA) is 89.7 Å². The largest absolute Gasteiger partial charge is 0.493 e. The van der Waals surface area contributed by atoms with Crippen LogP contribution in [0.15, 0.2) is 22.7 Å². The highest BCUT2D eigenvalue weighted by molar-refractivity contribution is 9.10. The number of non-ortho nitro benzene ring substituents is 1. The normalized spacial score (nSPS) is 11.1. The summed E-state index contributed by atoms with van der Waals surface area (Å²) in [5.74, 6) is -0.571. The SMILES string of the molecule is CC(C)(CCOc1cc(Br)cc([N+](=O)[O-])c1)C(=O)O. The van der Waals surface area contributed by atoms with Crippen molar-refractivity contribution in [2.45, 2.75) is 20.3 Å². The molecule has 0 saturated carbocycles. The molecule has 0 aromatic heterocycles. The van der Waals surface area contributed by atoms with Gasteiger partial charge in [0.05, 0.1) is 23.0 Å². The Hall–Kier alpha value is -1.63. The van der Waals surface area contributed by atoms with E-state index >= 15 is 0 Å². The van der Waals surface area contributed by atoms with Crippen LogP contribution in [0.4, 0.5) is 5.69 Å². The number of benzene rings is 1. The highest BCUT2D eigenvalue weighted by Crippen LogP contribution is 2.27. The molecular formula is C12H14BrNO5. The third-order valence-electron chi connectivity index (χ3n) is 2.64. The minimum Gasteiger partial charge on any atom is -0.493 e. The molecule has 0 aliphatic rings. The zero-order chi connectivity index (χ0) is 14.6. The number of carboxylic acid groups (broad SMARTS) is 1. The van der Waals surface area contributed by atoms with Crippen molar-refractivity contribution < 1.29 is 19.6 Å². The molecule has 1 N–H and O–H groups in total. The Balaban J connectivity index is 2.68. The Morgan fingerprint density at radius 2 is 2.11 bits per heavy atom. The number of nitro benzene ring substituents is 1. The summed E-state index contributed by atoms with van der Waals surface area (Å²) in [5, 5.41) is 19.6. The van der Waals surface area contributed by atoms with Crippen molar-refractivity contribution in [2.75, 3.05) is 6.61 Å². The molecule has 0 atom stereocenters. The fourth-order valence-corrected chi connectivity index (χ4v) is 1.73. The number of hydrogen-bond donors (Lipinski definition) is 1. The van der Waals surface area contributed by atoms with Crippen molar-refractivity contribution in [3.8, 4) is 5.75 Å². The molecule has 1 rings (SSSR count). The van der Waals surface area contributed by atoms with Crippen molar-refractivity contribution in [3.05, 3.63) is 32.8 Å². The number of nitrogens with zero attached hydrogens (tertiary/aromatic N) is 1. The molecule has 0 fully saturated rings. The van der Waals surface area contributed by atoms with Gasteiger partial charge in [0.15, 0.2) is 0 Å². The van der Waals surface area contributed by atoms with E-state index in [2.05, 4.69) is 15.9 Å². The van der Waals surface area contributed by atoms with Gasteiger partial charge < -0.3 is 9.84 Å². The molecule has 6 nitrogen and oxygen atoms in total. The number of nitro groups is 1. The summed E-state index contributed by atoms with van der Waals surface area (Å²) in [5.41, 5.74) is -0.973. The summed E-state index contributed by atoms with van der Waals surface area (Å²) in [6.07, 6.45) is 0.308. The first-order chi connectivity index (χ1) is 8.72. The highest BCUT2D eigenvalue weighted by atomic mass is 79.9. The maximum atomic E-state index is 10.9. The van der Waals surface area contributed by atoms with Gasteiger partial charge in [-0.05, 0) is 26.3 Å². The Morgan fingerprint density at radius 1 is 1.47 bits per heavy atom. The van der Waals surface area contributed by atoms with Gasteiger partial charge in [-0.3, -0.25) is 14.9 Å². The number of ether oxygens (including phenoxy) is 1. The quantitative estimate of drug-likeness (QED) is 0.638. The summed E-state index contributed by atoms with van der Waals surface area (Å²) in [4.78, 5) is 21.1. The van der Waals surface area contributed by atoms with E-state index in [4.69, 9.17) is 9.84 Å². The summed E-state index contributed by atoms with van der Waals surface area (Å²) < 4.78 is 5.90. The second kappa shape index (κ2) is 6.01. The van der Waals surface area contributed by atoms with Gasteiger partial charge in [-0.2, -0.15) is 0 Å². The maximum absolute atomic E-state index is 10.9. The third-order valence-corrected chi connectivity index (χ3v) is 3.10. The Labute approximate surface area is 118 Å². The van der Waals surface area contributed by atoms with Crippen molar-refractivity contribution in [1.29, 1.82) is 0 Å². The maximum Gasteiger partial charge on any atom is 0.309 e. The number of halogens is 1. The molecular weight excluding hydrogens is 318 g/mol. The Morgan fingerprint density at radius 3 is 2.63 bits per heavy atom. The molecule has 0 aliphatic heterocycles. The summed E-state index contributed by atoms with van der Waals surface area (Å²) >= 11 is 3.16. The predicted octanol–water partition coefficient (Wildman–Crippen LogP) is 3.24. The van der Waals surface area contributed by atoms with Crippen LogP contribution >= 0.6 is 15.9 Å². The number of aliphatic carboxylic acids is 1. The van der Waals surface area contributed by atoms with Crippen LogP contribution in [0.25, 0.3) is 0 Å². The molecule has 1 aromatic carbocycles. The van der Waals surface area contributed by atoms with Gasteiger partial charge in [0.25, 0.3) is 5.69 Å². The minimum absolute atomic E-state index is 0.0816. The summed E-state index contributed by atoms with van der Waals surface area (Å²) in [6.45, 7) is 3.37. The van der Waals surface area contributed by atoms with Gasteiger partial charge in [-0.15, -0.1) is 0 Å². The summed E-state index contributed by atoms with van der Waals surface area (Å²) in [6, 6.07) is 4.27. The smallest absolute Gasteiger partial charge is 0.309 e. The molecule has 0 unspecified atom stereocenters. The van der Waals surface area contributed by atoms with Crippen LogP contribution in [0.1, 0.15) is 20.3 Å². The predicted molar refractivity (Wildman–Crippen MR) is 72.3 cm³/mol. The van der Waals surface area contributed by atoms with Crippen molar-refractivity contribution in [2.24, 2.45) is 5.41 Å². The van der Waals surface area contributed by atoms with Crippen LogP contribution in [0.3, 0.4) is 0 Å². The molecule has 104 valence electrons. The fraction of sp³-hybridized carbons (Fsp3) is 0.417. The number of hydrogen-bond acceptors (Lipinski definition) is 4. The van der Waals surface area contributed by atoms with Gasteiger partial charge in [0.2, 0.25) is 0 Å². The minimum atomic E-state index is -0.906. The van der Waals surface area contributed by atoms with Crippen LogP contribution in [0, 0.1) is 15.5 Å². The monoisotopic (exact) mass is 331 g/mol. The highest BCUT2D eigenvalue weighted by Gasteiger charge is 2.26. The van der Waals surface area contributed by atoms with Gasteiger partial charge in [-0.1, -0.05) is 15.9 Å². The fourth-order valence-electron chi connectivity index (χ4n) is 1.27. The lowest BCUT2D eigenvalue weighted by atomic mass is 9.90. The zero-order valence-electron chi connectivity index (χ0n) is 10.6. The van der Waals surface area contributed by atoms with E-state index in [0.29, 0.717) is 16.6 Å². The number of carboxylic acids is 1. The molecule has 0 saturated heterocycles. The van der Waals surface area contributed by atoms with Crippen LogP contribution in [0.2, 0.25) is 0 Å². The lowest BCUT2D eigenvalue weighted by molar-refractivity contribution is -0.385. The van der Waals surface area contributed by atoms with Crippen LogP contribution in [-0.2, 0) is 4.79 Å². The van der Waals surface area contributed by atoms with Gasteiger partial charge in [0, 0.05) is 10.5 Å². The molecule has 0 amide bonds. The van der Waals surface area contributed by atoms with E-state index in [1.54, 1.807) is 19.9 Å². The molecule has 0 aliphatic carbocycles. The van der Waals surface area contributed by atoms with Crippen LogP contribution in [0.5, 0.6) is 5.75 Å². The van der Waals surface area contributed by atoms with Crippen molar-refractivity contribution in [3.63, 3.8) is 0 Å². The second-order valence-electron chi connectivity index (χ2n) is 4.69. The average Bonchev–Trinajstić information content (AvgIpc) is 2.27. The van der Waals surface area contributed by atoms with Crippen LogP contribution < -0.4 is 4.74 Å². The van der Waals surface area contributed by atoms with Gasteiger partial charge in [0.1, 0.15) is 5.75 Å². The van der Waals surface area contributed by atoms with E-state index in [9.17, 15) is 14.9 Å². The number of carbonyl (C=O) groups is 1. The first kappa shape index (κ1) is 15.4. The second-order valence-corrected chi connectivity index (χ2v) is 5.61. The lowest BCUT2D eigenvalue weighted by Crippen LogP contribution is -2.25. The Bertz CT molecular complexity index is 501. The van der Waals surface area contributed by atoms with E-state index in [1.807, 2.05) is 0 Å². The first-order valence-electron chi connectivity index (χ1n) is 5.53. The Kier molecular flexibility index (Phi) is 4.88. The summed E-state index contributed by atoms with van der Waals surface area (Å²) in [7, 11) is 0. The molecule has 19 heavy (non-hydrogen) atoms. The molecule has 7 heteroatoms. The van der Waals surface area contributed by atoms with Gasteiger partial charge >= 0.3 is 5.97 Å². The van der Waals surface area contributed by atoms with Crippen LogP contribution in [-0.4, -0.2) is 22.6 Å². The van der Waals surface area contributed by atoms with Crippen molar-refractivity contribution >= 4 is 27.6 Å². The third kappa shape index (κ3) is 4.51. The standard InChI is InChI=1S/C12H14BrNO5/c1-12(2,11(15)16)3-4-19-10-6-8(13)5-9(7-10)14(17)18/h5-7H,3-4H2,1-2H3,(H,15,16). The molecule has 0 radical (unpaired) electrons. The van der Waals surface area contributed by atoms with E-state index in [1.165, 1.54) is 12.1 Å². The van der Waals surface area contributed by atoms with E-state index < -0.39 is 16.3 Å². The average molecular weight is 332 g/mol. The lowest BCUT2D eigenvalue weighted by Gasteiger charge is -2.18. The molecule has 0 spiro atoms. The number of rotatable bonds is 6. The van der Waals surface area contributed by atoms with E-state index in [0.717, 1.165) is 0 Å². The van der Waals surface area contributed by atoms with E-state index in [-0.39, 0.29) is 12.3 Å². The van der Waals surface area contributed by atoms with Crippen molar-refractivity contribution in [1.82, 2.24) is 0 Å². The molecule has 0 heterocycles. The zero-order valence-corrected chi connectivity index (χ0v) is 12.1. The molecule has 0 bridgehead atoms. The molecule has 1 aromatic rings. The van der Waals surface area contributed by atoms with Gasteiger partial charge in [-0.25, -0.2) is 0 Å². The first-order valence-corrected chi connectivity index (χ1v) is 6.33.